The lowest BCUT2D eigenvalue weighted by Gasteiger charge is -2.06. The number of carbonyl (C=O) groups excluding carboxylic acids is 2. The summed E-state index contributed by atoms with van der Waals surface area (Å²) in [6.45, 7) is 6.90. The first-order valence-electron chi connectivity index (χ1n) is 7.09. The number of amides is 2. The lowest BCUT2D eigenvalue weighted by Crippen LogP contribution is -2.25. The van der Waals surface area contributed by atoms with Crippen LogP contribution in [-0.2, 0) is 6.54 Å². The van der Waals surface area contributed by atoms with Crippen molar-refractivity contribution in [1.82, 2.24) is 15.6 Å². The second-order valence-corrected chi connectivity index (χ2v) is 5.86. The van der Waals surface area contributed by atoms with Gasteiger partial charge in [-0.2, -0.15) is 0 Å². The molecule has 0 fully saturated rings. The van der Waals surface area contributed by atoms with Crippen molar-refractivity contribution in [2.45, 2.75) is 27.3 Å². The van der Waals surface area contributed by atoms with Gasteiger partial charge in [-0.15, -0.1) is 11.3 Å². The van der Waals surface area contributed by atoms with Crippen LogP contribution in [0.5, 0.6) is 0 Å². The number of thiazole rings is 1. The van der Waals surface area contributed by atoms with Gasteiger partial charge in [0.1, 0.15) is 5.69 Å². The topological polar surface area (TPSA) is 71.1 Å². The zero-order valence-corrected chi connectivity index (χ0v) is 13.7. The molecule has 116 valence electrons. The van der Waals surface area contributed by atoms with Gasteiger partial charge in [-0.25, -0.2) is 4.98 Å². The van der Waals surface area contributed by atoms with Gasteiger partial charge in [-0.05, 0) is 37.5 Å². The Bertz CT molecular complexity index is 694. The average molecular weight is 317 g/mol. The number of aryl methyl sites for hydroxylation is 2. The van der Waals surface area contributed by atoms with E-state index in [0.29, 0.717) is 18.1 Å². The molecule has 1 aromatic heterocycles. The van der Waals surface area contributed by atoms with E-state index in [1.165, 1.54) is 22.5 Å². The van der Waals surface area contributed by atoms with Crippen molar-refractivity contribution in [1.29, 1.82) is 0 Å². The van der Waals surface area contributed by atoms with E-state index in [4.69, 9.17) is 0 Å². The van der Waals surface area contributed by atoms with E-state index >= 15 is 0 Å². The number of nitrogens with zero attached hydrogens (tertiary/aromatic N) is 1. The van der Waals surface area contributed by atoms with Gasteiger partial charge in [-0.3, -0.25) is 9.59 Å². The molecule has 0 aliphatic rings. The summed E-state index contributed by atoms with van der Waals surface area (Å²) in [5.74, 6) is -0.522. The van der Waals surface area contributed by atoms with Crippen LogP contribution < -0.4 is 10.6 Å². The van der Waals surface area contributed by atoms with Crippen LogP contribution in [0.2, 0.25) is 0 Å². The molecular weight excluding hydrogens is 298 g/mol. The molecule has 0 spiro atoms. The summed E-state index contributed by atoms with van der Waals surface area (Å²) in [7, 11) is 0. The summed E-state index contributed by atoms with van der Waals surface area (Å²) in [5, 5.41) is 7.38. The van der Waals surface area contributed by atoms with E-state index in [1.807, 2.05) is 26.0 Å². The molecule has 22 heavy (non-hydrogen) atoms. The number of benzene rings is 1. The quantitative estimate of drug-likeness (QED) is 0.890. The van der Waals surface area contributed by atoms with E-state index in [9.17, 15) is 9.59 Å². The maximum absolute atomic E-state index is 12.1. The highest BCUT2D eigenvalue weighted by molar-refractivity contribution is 7.11. The van der Waals surface area contributed by atoms with Crippen molar-refractivity contribution in [2.75, 3.05) is 6.54 Å². The lowest BCUT2D eigenvalue weighted by atomic mass is 10.1. The summed E-state index contributed by atoms with van der Waals surface area (Å²) in [5.41, 5.74) is 3.73. The molecule has 2 N–H and O–H groups in total. The average Bonchev–Trinajstić information content (AvgIpc) is 2.98. The smallest absolute Gasteiger partial charge is 0.280 e. The summed E-state index contributed by atoms with van der Waals surface area (Å²) in [6, 6.07) is 6.08. The summed E-state index contributed by atoms with van der Waals surface area (Å²) >= 11 is 1.17. The number of hydrogen-bond donors (Lipinski definition) is 2. The third-order valence-corrected chi connectivity index (χ3v) is 4.13. The van der Waals surface area contributed by atoms with Crippen molar-refractivity contribution in [3.63, 3.8) is 0 Å². The fourth-order valence-electron chi connectivity index (χ4n) is 1.90. The molecular formula is C16H19N3O2S. The van der Waals surface area contributed by atoms with E-state index < -0.39 is 0 Å². The monoisotopic (exact) mass is 317 g/mol. The van der Waals surface area contributed by atoms with Crippen LogP contribution in [0.3, 0.4) is 0 Å². The first-order valence-corrected chi connectivity index (χ1v) is 7.97. The van der Waals surface area contributed by atoms with Crippen molar-refractivity contribution in [3.05, 3.63) is 51.0 Å². The highest BCUT2D eigenvalue weighted by Crippen LogP contribution is 2.11. The Kier molecular flexibility index (Phi) is 5.27. The van der Waals surface area contributed by atoms with E-state index in [-0.39, 0.29) is 17.5 Å². The molecule has 2 rings (SSSR count). The van der Waals surface area contributed by atoms with Gasteiger partial charge in [0.2, 0.25) is 0 Å². The lowest BCUT2D eigenvalue weighted by molar-refractivity contribution is 0.0946. The summed E-state index contributed by atoms with van der Waals surface area (Å²) < 4.78 is 0. The molecule has 0 unspecified atom stereocenters. The zero-order valence-electron chi connectivity index (χ0n) is 12.9. The molecule has 0 aliphatic heterocycles. The standard InChI is InChI=1S/C16H19N3O2S/c1-4-17-15(21)16-19-13(9-22-16)14(20)18-8-12-6-5-10(2)11(3)7-12/h5-7,9H,4,8H2,1-3H3,(H,17,21)(H,18,20). The van der Waals surface area contributed by atoms with Gasteiger partial charge < -0.3 is 10.6 Å². The first kappa shape index (κ1) is 16.2. The van der Waals surface area contributed by atoms with Gasteiger partial charge in [0.05, 0.1) is 0 Å². The molecule has 0 aliphatic carbocycles. The maximum Gasteiger partial charge on any atom is 0.280 e. The molecule has 0 saturated carbocycles. The van der Waals surface area contributed by atoms with E-state index in [2.05, 4.69) is 28.6 Å². The number of rotatable bonds is 5. The van der Waals surface area contributed by atoms with Gasteiger partial charge in [0.15, 0.2) is 5.01 Å². The number of carbonyl (C=O) groups is 2. The number of aromatic nitrogens is 1. The van der Waals surface area contributed by atoms with Crippen molar-refractivity contribution < 1.29 is 9.59 Å². The largest absolute Gasteiger partial charge is 0.350 e. The Morgan fingerprint density at radius 2 is 1.91 bits per heavy atom. The predicted molar refractivity (Wildman–Crippen MR) is 87.2 cm³/mol. The molecule has 6 heteroatoms. The van der Waals surface area contributed by atoms with Crippen LogP contribution in [0.25, 0.3) is 0 Å². The fraction of sp³-hybridized carbons (Fsp3) is 0.312. The van der Waals surface area contributed by atoms with Gasteiger partial charge >= 0.3 is 0 Å². The Hall–Kier alpha value is -2.21. The molecule has 0 saturated heterocycles. The van der Waals surface area contributed by atoms with E-state index in [0.717, 1.165) is 5.56 Å². The van der Waals surface area contributed by atoms with Crippen molar-refractivity contribution >= 4 is 23.2 Å². The number of hydrogen-bond acceptors (Lipinski definition) is 4. The summed E-state index contributed by atoms with van der Waals surface area (Å²) in [6.07, 6.45) is 0. The highest BCUT2D eigenvalue weighted by atomic mass is 32.1. The Labute approximate surface area is 133 Å². The van der Waals surface area contributed by atoms with Crippen molar-refractivity contribution in [2.24, 2.45) is 0 Å². The molecule has 2 aromatic rings. The normalized spacial score (nSPS) is 10.3. The SMILES string of the molecule is CCNC(=O)c1nc(C(=O)NCc2ccc(C)c(C)c2)cs1. The summed E-state index contributed by atoms with van der Waals surface area (Å²) in [4.78, 5) is 27.8. The third kappa shape index (κ3) is 3.92. The van der Waals surface area contributed by atoms with Crippen LogP contribution in [0.15, 0.2) is 23.6 Å². The number of nitrogens with one attached hydrogen (secondary N) is 2. The van der Waals surface area contributed by atoms with E-state index in [1.54, 1.807) is 5.38 Å². The minimum absolute atomic E-state index is 0.249. The van der Waals surface area contributed by atoms with Crippen molar-refractivity contribution in [3.8, 4) is 0 Å². The molecule has 0 radical (unpaired) electrons. The molecule has 5 nitrogen and oxygen atoms in total. The third-order valence-electron chi connectivity index (χ3n) is 3.29. The Balaban J connectivity index is 1.97. The Morgan fingerprint density at radius 1 is 1.14 bits per heavy atom. The van der Waals surface area contributed by atoms with Crippen LogP contribution in [0.1, 0.15) is 43.9 Å². The molecule has 0 bridgehead atoms. The molecule has 0 atom stereocenters. The maximum atomic E-state index is 12.1. The van der Waals surface area contributed by atoms with Gasteiger partial charge in [-0.1, -0.05) is 18.2 Å². The molecule has 1 aromatic carbocycles. The minimum Gasteiger partial charge on any atom is -0.350 e. The second-order valence-electron chi connectivity index (χ2n) is 5.00. The molecule has 1 heterocycles. The van der Waals surface area contributed by atoms with Crippen LogP contribution in [0, 0.1) is 13.8 Å². The predicted octanol–water partition coefficient (Wildman–Crippen LogP) is 2.44. The first-order chi connectivity index (χ1) is 10.5. The minimum atomic E-state index is -0.273. The zero-order chi connectivity index (χ0) is 16.1. The van der Waals surface area contributed by atoms with Crippen LogP contribution in [0.4, 0.5) is 0 Å². The second kappa shape index (κ2) is 7.17. The van der Waals surface area contributed by atoms with Crippen LogP contribution in [-0.4, -0.2) is 23.3 Å². The van der Waals surface area contributed by atoms with Gasteiger partial charge in [0, 0.05) is 18.5 Å². The van der Waals surface area contributed by atoms with Gasteiger partial charge in [0.25, 0.3) is 11.8 Å². The van der Waals surface area contributed by atoms with Crippen LogP contribution >= 0.6 is 11.3 Å². The molecule has 2 amide bonds. The fourth-order valence-corrected chi connectivity index (χ4v) is 2.62. The highest BCUT2D eigenvalue weighted by Gasteiger charge is 2.14. The Morgan fingerprint density at radius 3 is 2.59 bits per heavy atom.